The molecule has 0 saturated carbocycles. The Morgan fingerprint density at radius 3 is 2.72 bits per heavy atom. The van der Waals surface area contributed by atoms with Crippen molar-refractivity contribution in [1.29, 1.82) is 0 Å². The predicted octanol–water partition coefficient (Wildman–Crippen LogP) is 2.66. The van der Waals surface area contributed by atoms with Gasteiger partial charge < -0.3 is 20.3 Å². The van der Waals surface area contributed by atoms with Crippen LogP contribution in [0.25, 0.3) is 11.3 Å². The van der Waals surface area contributed by atoms with Crippen LogP contribution in [-0.2, 0) is 11.3 Å². The highest BCUT2D eigenvalue weighted by molar-refractivity contribution is 5.77. The molecule has 3 rings (SSSR count). The monoisotopic (exact) mass is 443 g/mol. The molecule has 32 heavy (non-hydrogen) atoms. The molecule has 2 heterocycles. The van der Waals surface area contributed by atoms with E-state index in [4.69, 9.17) is 4.74 Å². The molecule has 1 aromatic heterocycles. The largest absolute Gasteiger partial charge is 0.497 e. The van der Waals surface area contributed by atoms with Gasteiger partial charge in [0.15, 0.2) is 5.82 Å². The number of nitrogens with one attached hydrogen (secondary N) is 2. The highest BCUT2D eigenvalue weighted by Gasteiger charge is 2.20. The van der Waals surface area contributed by atoms with Crippen molar-refractivity contribution >= 4 is 11.7 Å². The zero-order valence-electron chi connectivity index (χ0n) is 20.0. The van der Waals surface area contributed by atoms with E-state index < -0.39 is 0 Å². The number of aromatic nitrogens is 2. The summed E-state index contributed by atoms with van der Waals surface area (Å²) in [6, 6.07) is 7.42. The molecule has 1 aromatic carbocycles. The Bertz CT molecular complexity index is 918. The third kappa shape index (κ3) is 6.82. The number of amides is 1. The van der Waals surface area contributed by atoms with Crippen molar-refractivity contribution in [2.45, 2.75) is 53.1 Å². The van der Waals surface area contributed by atoms with E-state index in [2.05, 4.69) is 15.6 Å². The topological polar surface area (TPSA) is 88.5 Å². The van der Waals surface area contributed by atoms with E-state index >= 15 is 0 Å². The molecule has 0 spiro atoms. The maximum atomic E-state index is 13.5. The quantitative estimate of drug-likeness (QED) is 0.714. The molecule has 2 N–H and O–H groups in total. The molecule has 1 amide bonds. The van der Waals surface area contributed by atoms with Crippen LogP contribution in [0.2, 0.25) is 0 Å². The van der Waals surface area contributed by atoms with Crippen molar-refractivity contribution in [3.8, 4) is 17.0 Å². The minimum atomic E-state index is -0.255. The van der Waals surface area contributed by atoms with Gasteiger partial charge >= 0.3 is 0 Å². The smallest absolute Gasteiger partial charge is 0.294 e. The van der Waals surface area contributed by atoms with Crippen molar-refractivity contribution in [2.75, 3.05) is 38.2 Å². The molecule has 0 atom stereocenters. The predicted molar refractivity (Wildman–Crippen MR) is 129 cm³/mol. The number of hydrogen-bond donors (Lipinski definition) is 2. The molecule has 0 bridgehead atoms. The van der Waals surface area contributed by atoms with Gasteiger partial charge in [-0.2, -0.15) is 0 Å². The molecule has 2 aromatic rings. The summed E-state index contributed by atoms with van der Waals surface area (Å²) in [5.41, 5.74) is 1.11. The van der Waals surface area contributed by atoms with Crippen LogP contribution < -0.4 is 25.8 Å². The number of nitrogens with zero attached hydrogens (tertiary/aromatic N) is 3. The fourth-order valence-corrected chi connectivity index (χ4v) is 3.59. The standard InChI is InChI=1S/C22H31N5O3.C2H6/c1-16(2)25-20(28)15-27-19(17-7-6-8-18(13-17)30-3)14-24-21(22(27)29)26-11-5-4-9-23-10-12-26;1-2/h6-8,13-14,16,23H,4-5,9-12,15H2,1-3H3,(H,25,28);1-2H3. The third-order valence-corrected chi connectivity index (χ3v) is 5.04. The Labute approximate surface area is 191 Å². The number of methoxy groups -OCH3 is 1. The number of carbonyl (C=O) groups excluding carboxylic acids is 1. The van der Waals surface area contributed by atoms with Crippen molar-refractivity contribution in [1.82, 2.24) is 20.2 Å². The second-order valence-electron chi connectivity index (χ2n) is 7.76. The first kappa shape index (κ1) is 25.4. The Kier molecular flexibility index (Phi) is 10.2. The van der Waals surface area contributed by atoms with Gasteiger partial charge in [0.1, 0.15) is 12.3 Å². The van der Waals surface area contributed by atoms with Crippen molar-refractivity contribution in [2.24, 2.45) is 0 Å². The number of anilines is 1. The number of hydrogen-bond acceptors (Lipinski definition) is 6. The van der Waals surface area contributed by atoms with E-state index in [1.165, 1.54) is 4.57 Å². The lowest BCUT2D eigenvalue weighted by Gasteiger charge is -2.26. The first-order chi connectivity index (χ1) is 15.5. The van der Waals surface area contributed by atoms with E-state index in [9.17, 15) is 9.59 Å². The summed E-state index contributed by atoms with van der Waals surface area (Å²) in [6.45, 7) is 11.0. The third-order valence-electron chi connectivity index (χ3n) is 5.04. The zero-order valence-corrected chi connectivity index (χ0v) is 20.0. The summed E-state index contributed by atoms with van der Waals surface area (Å²) < 4.78 is 6.84. The van der Waals surface area contributed by atoms with Gasteiger partial charge in [0.25, 0.3) is 5.56 Å². The number of ether oxygens (including phenoxy) is 1. The molecule has 1 aliphatic rings. The minimum Gasteiger partial charge on any atom is -0.497 e. The number of benzene rings is 1. The first-order valence-electron chi connectivity index (χ1n) is 11.5. The summed E-state index contributed by atoms with van der Waals surface area (Å²) in [5.74, 6) is 0.863. The molecule has 8 heteroatoms. The summed E-state index contributed by atoms with van der Waals surface area (Å²) in [7, 11) is 1.60. The van der Waals surface area contributed by atoms with Gasteiger partial charge in [0, 0.05) is 31.2 Å². The van der Waals surface area contributed by atoms with Crippen LogP contribution in [0.3, 0.4) is 0 Å². The SMILES string of the molecule is CC.COc1cccc(-c2cnc(N3CCCCNCC3)c(=O)n2CC(=O)NC(C)C)c1. The molecule has 1 saturated heterocycles. The Morgan fingerprint density at radius 1 is 1.22 bits per heavy atom. The Balaban J connectivity index is 0.00000176. The van der Waals surface area contributed by atoms with Gasteiger partial charge in [0.05, 0.1) is 19.0 Å². The summed E-state index contributed by atoms with van der Waals surface area (Å²) in [5, 5.41) is 6.24. The average Bonchev–Trinajstić information content (AvgIpc) is 2.76. The van der Waals surface area contributed by atoms with E-state index in [1.54, 1.807) is 13.3 Å². The number of carbonyl (C=O) groups is 1. The van der Waals surface area contributed by atoms with E-state index in [0.29, 0.717) is 23.8 Å². The highest BCUT2D eigenvalue weighted by Crippen LogP contribution is 2.23. The van der Waals surface area contributed by atoms with E-state index in [-0.39, 0.29) is 24.1 Å². The van der Waals surface area contributed by atoms with Gasteiger partial charge in [-0.3, -0.25) is 14.2 Å². The molecule has 1 fully saturated rings. The number of rotatable bonds is 6. The van der Waals surface area contributed by atoms with Gasteiger partial charge in [-0.15, -0.1) is 0 Å². The lowest BCUT2D eigenvalue weighted by Crippen LogP contribution is -2.42. The molecule has 8 nitrogen and oxygen atoms in total. The minimum absolute atomic E-state index is 0.00443. The van der Waals surface area contributed by atoms with Crippen molar-refractivity contribution < 1.29 is 9.53 Å². The fourth-order valence-electron chi connectivity index (χ4n) is 3.59. The molecule has 0 unspecified atom stereocenters. The molecular formula is C24H37N5O3. The zero-order chi connectivity index (χ0) is 23.5. The van der Waals surface area contributed by atoms with Gasteiger partial charge in [-0.1, -0.05) is 26.0 Å². The lowest BCUT2D eigenvalue weighted by molar-refractivity contribution is -0.122. The van der Waals surface area contributed by atoms with Gasteiger partial charge in [-0.25, -0.2) is 4.98 Å². The van der Waals surface area contributed by atoms with Crippen LogP contribution in [0.4, 0.5) is 5.82 Å². The van der Waals surface area contributed by atoms with Crippen LogP contribution in [-0.4, -0.2) is 54.8 Å². The van der Waals surface area contributed by atoms with Gasteiger partial charge in [-0.05, 0) is 45.4 Å². The maximum Gasteiger partial charge on any atom is 0.294 e. The van der Waals surface area contributed by atoms with E-state index in [0.717, 1.165) is 38.0 Å². The molecule has 0 aliphatic carbocycles. The van der Waals surface area contributed by atoms with Gasteiger partial charge in [0.2, 0.25) is 5.91 Å². The summed E-state index contributed by atoms with van der Waals surface area (Å²) in [6.07, 6.45) is 3.73. The molecule has 176 valence electrons. The second-order valence-corrected chi connectivity index (χ2v) is 7.76. The average molecular weight is 444 g/mol. The Morgan fingerprint density at radius 2 is 2.00 bits per heavy atom. The van der Waals surface area contributed by atoms with Crippen LogP contribution in [0.15, 0.2) is 35.3 Å². The van der Waals surface area contributed by atoms with Crippen molar-refractivity contribution in [3.05, 3.63) is 40.8 Å². The normalized spacial score (nSPS) is 14.1. The summed E-state index contributed by atoms with van der Waals surface area (Å²) in [4.78, 5) is 32.5. The summed E-state index contributed by atoms with van der Waals surface area (Å²) >= 11 is 0. The first-order valence-corrected chi connectivity index (χ1v) is 11.5. The lowest BCUT2D eigenvalue weighted by atomic mass is 10.1. The van der Waals surface area contributed by atoms with Crippen LogP contribution >= 0.6 is 0 Å². The molecular weight excluding hydrogens is 406 g/mol. The van der Waals surface area contributed by atoms with Crippen LogP contribution in [0, 0.1) is 0 Å². The highest BCUT2D eigenvalue weighted by atomic mass is 16.5. The van der Waals surface area contributed by atoms with Crippen LogP contribution in [0.1, 0.15) is 40.5 Å². The molecule has 0 radical (unpaired) electrons. The van der Waals surface area contributed by atoms with Crippen LogP contribution in [0.5, 0.6) is 5.75 Å². The molecule has 1 aliphatic heterocycles. The maximum absolute atomic E-state index is 13.5. The Hall–Kier alpha value is -2.87. The van der Waals surface area contributed by atoms with E-state index in [1.807, 2.05) is 56.9 Å². The second kappa shape index (κ2) is 12.9. The fraction of sp³-hybridized carbons (Fsp3) is 0.542. The van der Waals surface area contributed by atoms with Crippen molar-refractivity contribution in [3.63, 3.8) is 0 Å².